The highest BCUT2D eigenvalue weighted by atomic mass is 16.6. The summed E-state index contributed by atoms with van der Waals surface area (Å²) in [5.74, 6) is 1.50. The molecule has 0 radical (unpaired) electrons. The van der Waals surface area contributed by atoms with E-state index in [4.69, 9.17) is 15.7 Å². The Hall–Kier alpha value is -5.13. The molecule has 1 aromatic carbocycles. The molecule has 0 spiro atoms. The lowest BCUT2D eigenvalue weighted by Gasteiger charge is -2.36. The van der Waals surface area contributed by atoms with Gasteiger partial charge in [-0.3, -0.25) is 4.79 Å². The van der Waals surface area contributed by atoms with Gasteiger partial charge in [0.2, 0.25) is 17.8 Å². The third-order valence-corrected chi connectivity index (χ3v) is 7.31. The van der Waals surface area contributed by atoms with Gasteiger partial charge in [-0.15, -0.1) is 5.10 Å². The van der Waals surface area contributed by atoms with Crippen molar-refractivity contribution in [3.05, 3.63) is 36.7 Å². The number of nitrogens with one attached hydrogen (secondary N) is 1. The molecule has 15 heteroatoms. The van der Waals surface area contributed by atoms with Crippen LogP contribution in [0.2, 0.25) is 0 Å². The molecule has 4 heterocycles. The molecule has 2 fully saturated rings. The smallest absolute Gasteiger partial charge is 0.410 e. The number of piperazine rings is 1. The fourth-order valence-electron chi connectivity index (χ4n) is 5.11. The number of benzene rings is 1. The van der Waals surface area contributed by atoms with Crippen molar-refractivity contribution >= 4 is 41.1 Å². The van der Waals surface area contributed by atoms with Crippen LogP contribution in [0.15, 0.2) is 36.7 Å². The molecule has 0 aliphatic carbocycles. The molecule has 2 saturated heterocycles. The molecule has 232 valence electrons. The molecule has 0 unspecified atom stereocenters. The van der Waals surface area contributed by atoms with Crippen molar-refractivity contribution in [3.8, 4) is 11.9 Å². The van der Waals surface area contributed by atoms with Gasteiger partial charge in [0.25, 0.3) is 0 Å². The van der Waals surface area contributed by atoms with Crippen molar-refractivity contribution in [2.24, 2.45) is 0 Å². The summed E-state index contributed by atoms with van der Waals surface area (Å²) in [6, 6.07) is 11.6. The summed E-state index contributed by atoms with van der Waals surface area (Å²) >= 11 is 0. The first-order chi connectivity index (χ1) is 21.1. The maximum atomic E-state index is 12.4. The van der Waals surface area contributed by atoms with Gasteiger partial charge in [0.05, 0.1) is 6.07 Å². The minimum Gasteiger partial charge on any atom is -0.444 e. The Balaban J connectivity index is 1.19. The van der Waals surface area contributed by atoms with Gasteiger partial charge in [-0.05, 0) is 51.5 Å². The number of nitrogens with zero attached hydrogens (tertiary/aromatic N) is 10. The second-order valence-electron chi connectivity index (χ2n) is 11.6. The SMILES string of the molecule is CC(C)(C)OC(=O)N1CCN(c2ccc(Nc3nc(N)n(-c4cc(N5CCCN(C(=O)CC#N)CC5)ncn4)n3)cc2)CC1. The topological polar surface area (TPSA) is 175 Å². The number of ether oxygens (including phenoxy) is 1. The summed E-state index contributed by atoms with van der Waals surface area (Å²) < 4.78 is 6.94. The van der Waals surface area contributed by atoms with Crippen LogP contribution in [0.25, 0.3) is 5.82 Å². The zero-order chi connectivity index (χ0) is 31.3. The first-order valence-corrected chi connectivity index (χ1v) is 14.6. The summed E-state index contributed by atoms with van der Waals surface area (Å²) in [5.41, 5.74) is 7.55. The number of hydrogen-bond acceptors (Lipinski definition) is 12. The zero-order valence-corrected chi connectivity index (χ0v) is 25.3. The van der Waals surface area contributed by atoms with Gasteiger partial charge >= 0.3 is 6.09 Å². The number of nitrogen functional groups attached to an aromatic ring is 1. The van der Waals surface area contributed by atoms with Crippen LogP contribution in [-0.2, 0) is 9.53 Å². The fourth-order valence-corrected chi connectivity index (χ4v) is 5.11. The average molecular weight is 603 g/mol. The van der Waals surface area contributed by atoms with E-state index in [9.17, 15) is 9.59 Å². The Kier molecular flexibility index (Phi) is 8.98. The normalized spacial score (nSPS) is 15.9. The largest absolute Gasteiger partial charge is 0.444 e. The van der Waals surface area contributed by atoms with Crippen LogP contribution in [0.1, 0.15) is 33.6 Å². The third kappa shape index (κ3) is 7.44. The molecule has 3 aromatic rings. The predicted octanol–water partition coefficient (Wildman–Crippen LogP) is 2.39. The number of anilines is 5. The van der Waals surface area contributed by atoms with Crippen LogP contribution >= 0.6 is 0 Å². The van der Waals surface area contributed by atoms with Crippen molar-refractivity contribution in [2.75, 3.05) is 73.2 Å². The van der Waals surface area contributed by atoms with E-state index in [1.54, 1.807) is 15.9 Å². The van der Waals surface area contributed by atoms with Gasteiger partial charge in [0.1, 0.15) is 24.2 Å². The second-order valence-corrected chi connectivity index (χ2v) is 11.6. The van der Waals surface area contributed by atoms with E-state index in [-0.39, 0.29) is 24.4 Å². The Bertz CT molecular complexity index is 1500. The van der Waals surface area contributed by atoms with Crippen molar-refractivity contribution in [1.29, 1.82) is 5.26 Å². The van der Waals surface area contributed by atoms with Crippen LogP contribution in [0.4, 0.5) is 33.9 Å². The molecule has 5 rings (SSSR count). The molecule has 2 aliphatic heterocycles. The fraction of sp³-hybridized carbons (Fsp3) is 0.483. The first kappa shape index (κ1) is 30.3. The first-order valence-electron chi connectivity index (χ1n) is 14.6. The zero-order valence-electron chi connectivity index (χ0n) is 25.3. The summed E-state index contributed by atoms with van der Waals surface area (Å²) in [7, 11) is 0. The van der Waals surface area contributed by atoms with E-state index in [0.717, 1.165) is 17.8 Å². The number of carbonyl (C=O) groups excluding carboxylic acids is 2. The third-order valence-electron chi connectivity index (χ3n) is 7.31. The molecule has 44 heavy (non-hydrogen) atoms. The van der Waals surface area contributed by atoms with Crippen LogP contribution < -0.4 is 20.9 Å². The molecular weight excluding hydrogens is 564 g/mol. The molecule has 0 atom stereocenters. The van der Waals surface area contributed by atoms with E-state index >= 15 is 0 Å². The number of nitrogens with two attached hydrogens (primary N) is 1. The lowest BCUT2D eigenvalue weighted by Crippen LogP contribution is -2.50. The number of nitriles is 1. The summed E-state index contributed by atoms with van der Waals surface area (Å²) in [6.07, 6.45) is 1.82. The monoisotopic (exact) mass is 602 g/mol. The van der Waals surface area contributed by atoms with E-state index < -0.39 is 5.60 Å². The molecule has 2 amide bonds. The van der Waals surface area contributed by atoms with Gasteiger partial charge in [0.15, 0.2) is 5.82 Å². The Morgan fingerprint density at radius 1 is 0.955 bits per heavy atom. The van der Waals surface area contributed by atoms with Gasteiger partial charge in [-0.25, -0.2) is 14.8 Å². The molecule has 15 nitrogen and oxygen atoms in total. The van der Waals surface area contributed by atoms with Gasteiger partial charge < -0.3 is 35.4 Å². The Morgan fingerprint density at radius 3 is 2.34 bits per heavy atom. The van der Waals surface area contributed by atoms with E-state index in [1.165, 1.54) is 11.0 Å². The molecule has 3 N–H and O–H groups in total. The standard InChI is InChI=1S/C29H38N12O3/c1-29(2,3)44-28(43)40-17-13-37(14-18-40)22-7-5-21(6-8-22)34-27-35-26(31)41(36-27)24-19-23(32-20-33-24)38-11-4-12-39(16-15-38)25(42)9-10-30/h5-8,19-20H,4,9,11-18H2,1-3H3,(H3,31,34,35,36). The second kappa shape index (κ2) is 13.0. The molecule has 0 bridgehead atoms. The lowest BCUT2D eigenvalue weighted by atomic mass is 10.2. The highest BCUT2D eigenvalue weighted by molar-refractivity contribution is 5.78. The van der Waals surface area contributed by atoms with Crippen LogP contribution in [0.5, 0.6) is 0 Å². The quantitative estimate of drug-likeness (QED) is 0.422. The maximum absolute atomic E-state index is 12.4. The molecule has 2 aromatic heterocycles. The molecular formula is C29H38N12O3. The Morgan fingerprint density at radius 2 is 1.64 bits per heavy atom. The van der Waals surface area contributed by atoms with E-state index in [1.807, 2.05) is 51.1 Å². The number of amides is 2. The van der Waals surface area contributed by atoms with Crippen LogP contribution in [0, 0.1) is 11.3 Å². The summed E-state index contributed by atoms with van der Waals surface area (Å²) in [5, 5.41) is 16.6. The van der Waals surface area contributed by atoms with Gasteiger partial charge in [-0.1, -0.05) is 0 Å². The highest BCUT2D eigenvalue weighted by Gasteiger charge is 2.26. The van der Waals surface area contributed by atoms with Crippen LogP contribution in [-0.4, -0.2) is 104 Å². The molecule has 2 aliphatic rings. The van der Waals surface area contributed by atoms with E-state index in [0.29, 0.717) is 69.9 Å². The van der Waals surface area contributed by atoms with Gasteiger partial charge in [0, 0.05) is 69.8 Å². The number of carbonyl (C=O) groups is 2. The summed E-state index contributed by atoms with van der Waals surface area (Å²) in [4.78, 5) is 45.4. The maximum Gasteiger partial charge on any atom is 0.410 e. The van der Waals surface area contributed by atoms with E-state index in [2.05, 4.69) is 35.2 Å². The minimum absolute atomic E-state index is 0.113. The Labute approximate surface area is 256 Å². The average Bonchev–Trinajstić information content (AvgIpc) is 3.19. The number of rotatable bonds is 6. The number of aromatic nitrogens is 5. The summed E-state index contributed by atoms with van der Waals surface area (Å²) in [6.45, 7) is 10.6. The molecule has 0 saturated carbocycles. The highest BCUT2D eigenvalue weighted by Crippen LogP contribution is 2.24. The van der Waals surface area contributed by atoms with Crippen molar-refractivity contribution in [2.45, 2.75) is 39.2 Å². The predicted molar refractivity (Wildman–Crippen MR) is 165 cm³/mol. The van der Waals surface area contributed by atoms with Crippen molar-refractivity contribution < 1.29 is 14.3 Å². The van der Waals surface area contributed by atoms with Gasteiger partial charge in [-0.2, -0.15) is 14.9 Å². The van der Waals surface area contributed by atoms with Crippen molar-refractivity contribution in [1.82, 2.24) is 34.5 Å². The lowest BCUT2D eigenvalue weighted by molar-refractivity contribution is -0.129. The number of hydrogen-bond donors (Lipinski definition) is 2. The minimum atomic E-state index is -0.511. The van der Waals surface area contributed by atoms with Crippen molar-refractivity contribution in [3.63, 3.8) is 0 Å². The van der Waals surface area contributed by atoms with Crippen LogP contribution in [0.3, 0.4) is 0 Å².